The standard InChI is InChI=1S/C21H15ClF3N3O/c1-12(13-5-3-2-4-6-13)16-11-17(29)28-20(26-16)18(19(27-28)21(23,24)25)14-7-9-15(22)10-8-14/h2-12,27H,1H3. The summed E-state index contributed by atoms with van der Waals surface area (Å²) in [6.45, 7) is 1.85. The van der Waals surface area contributed by atoms with Crippen LogP contribution >= 0.6 is 11.6 Å². The summed E-state index contributed by atoms with van der Waals surface area (Å²) < 4.78 is 41.9. The molecule has 4 nitrogen and oxygen atoms in total. The fourth-order valence-corrected chi connectivity index (χ4v) is 3.41. The van der Waals surface area contributed by atoms with E-state index in [9.17, 15) is 18.0 Å². The van der Waals surface area contributed by atoms with Crippen molar-refractivity contribution >= 4 is 17.2 Å². The van der Waals surface area contributed by atoms with Crippen molar-refractivity contribution in [3.05, 3.63) is 93.0 Å². The molecule has 0 bridgehead atoms. The highest BCUT2D eigenvalue weighted by atomic mass is 35.5. The Hall–Kier alpha value is -3.06. The van der Waals surface area contributed by atoms with Gasteiger partial charge in [-0.2, -0.15) is 13.2 Å². The number of rotatable bonds is 3. The molecule has 2 aromatic heterocycles. The molecule has 29 heavy (non-hydrogen) atoms. The van der Waals surface area contributed by atoms with Gasteiger partial charge in [0.05, 0.1) is 11.3 Å². The molecule has 0 saturated heterocycles. The molecule has 1 atom stereocenters. The van der Waals surface area contributed by atoms with Gasteiger partial charge in [0.1, 0.15) is 5.69 Å². The summed E-state index contributed by atoms with van der Waals surface area (Å²) in [5.41, 5.74) is -0.352. The largest absolute Gasteiger partial charge is 0.433 e. The summed E-state index contributed by atoms with van der Waals surface area (Å²) in [7, 11) is 0. The number of nitrogens with one attached hydrogen (secondary N) is 1. The Morgan fingerprint density at radius 2 is 1.72 bits per heavy atom. The summed E-state index contributed by atoms with van der Waals surface area (Å²) in [5.74, 6) is -0.267. The average Bonchev–Trinajstić information content (AvgIpc) is 3.09. The Balaban J connectivity index is 1.99. The third kappa shape index (κ3) is 3.53. The van der Waals surface area contributed by atoms with E-state index < -0.39 is 17.4 Å². The molecule has 8 heteroatoms. The second-order valence-corrected chi connectivity index (χ2v) is 7.11. The van der Waals surface area contributed by atoms with E-state index in [0.717, 1.165) is 10.1 Å². The monoisotopic (exact) mass is 417 g/mol. The van der Waals surface area contributed by atoms with Gasteiger partial charge in [0, 0.05) is 17.0 Å². The summed E-state index contributed by atoms with van der Waals surface area (Å²) in [6.07, 6.45) is -4.69. The second-order valence-electron chi connectivity index (χ2n) is 6.68. The predicted molar refractivity (Wildman–Crippen MR) is 105 cm³/mol. The molecule has 0 aliphatic rings. The number of hydrogen-bond acceptors (Lipinski definition) is 2. The topological polar surface area (TPSA) is 50.2 Å². The normalized spacial score (nSPS) is 13.0. The molecule has 4 aromatic rings. The Morgan fingerprint density at radius 1 is 1.07 bits per heavy atom. The number of benzene rings is 2. The molecule has 2 aromatic carbocycles. The first-order valence-electron chi connectivity index (χ1n) is 8.79. The number of H-pyrrole nitrogens is 1. The summed E-state index contributed by atoms with van der Waals surface area (Å²) in [4.78, 5) is 17.1. The van der Waals surface area contributed by atoms with Crippen molar-refractivity contribution in [2.45, 2.75) is 19.0 Å². The molecule has 0 spiro atoms. The van der Waals surface area contributed by atoms with Crippen molar-refractivity contribution in [1.29, 1.82) is 0 Å². The zero-order chi connectivity index (χ0) is 20.8. The quantitative estimate of drug-likeness (QED) is 0.477. The number of hydrogen-bond donors (Lipinski definition) is 1. The smallest absolute Gasteiger partial charge is 0.284 e. The number of aromatic nitrogens is 3. The zero-order valence-corrected chi connectivity index (χ0v) is 15.9. The van der Waals surface area contributed by atoms with Crippen molar-refractivity contribution in [3.63, 3.8) is 0 Å². The van der Waals surface area contributed by atoms with Crippen LogP contribution in [0.4, 0.5) is 13.2 Å². The second kappa shape index (κ2) is 7.08. The van der Waals surface area contributed by atoms with E-state index in [-0.39, 0.29) is 22.7 Å². The lowest BCUT2D eigenvalue weighted by molar-refractivity contribution is -0.140. The van der Waals surface area contributed by atoms with Crippen LogP contribution in [0.2, 0.25) is 5.02 Å². The Labute approximate surface area is 168 Å². The first kappa shape index (κ1) is 19.3. The maximum absolute atomic E-state index is 13.7. The molecular weight excluding hydrogens is 403 g/mol. The number of aromatic amines is 1. The van der Waals surface area contributed by atoms with Gasteiger partial charge in [0.25, 0.3) is 5.56 Å². The third-order valence-corrected chi connectivity index (χ3v) is 5.05. The van der Waals surface area contributed by atoms with Crippen molar-refractivity contribution < 1.29 is 13.2 Å². The minimum atomic E-state index is -4.69. The highest BCUT2D eigenvalue weighted by Gasteiger charge is 2.38. The van der Waals surface area contributed by atoms with Gasteiger partial charge < -0.3 is 0 Å². The molecule has 0 amide bonds. The van der Waals surface area contributed by atoms with E-state index >= 15 is 0 Å². The molecule has 148 valence electrons. The lowest BCUT2D eigenvalue weighted by Gasteiger charge is -2.12. The van der Waals surface area contributed by atoms with Crippen LogP contribution in [0.5, 0.6) is 0 Å². The number of fused-ring (bicyclic) bond motifs is 1. The number of alkyl halides is 3. The number of halogens is 4. The van der Waals surface area contributed by atoms with E-state index in [4.69, 9.17) is 11.6 Å². The van der Waals surface area contributed by atoms with Gasteiger partial charge in [-0.15, -0.1) is 0 Å². The first-order valence-corrected chi connectivity index (χ1v) is 9.17. The van der Waals surface area contributed by atoms with Crippen molar-refractivity contribution in [2.24, 2.45) is 0 Å². The van der Waals surface area contributed by atoms with Crippen LogP contribution in [0.15, 0.2) is 65.5 Å². The molecule has 4 rings (SSSR count). The van der Waals surface area contributed by atoms with E-state index in [1.54, 1.807) is 0 Å². The van der Waals surface area contributed by atoms with Gasteiger partial charge in [-0.3, -0.25) is 9.89 Å². The maximum atomic E-state index is 13.7. The van der Waals surface area contributed by atoms with Gasteiger partial charge in [-0.1, -0.05) is 61.0 Å². The molecule has 0 saturated carbocycles. The Bertz CT molecular complexity index is 1230. The maximum Gasteiger partial charge on any atom is 0.433 e. The minimum Gasteiger partial charge on any atom is -0.284 e. The summed E-state index contributed by atoms with van der Waals surface area (Å²) in [5, 5.41) is 2.57. The van der Waals surface area contributed by atoms with Crippen LogP contribution in [0.1, 0.15) is 29.8 Å². The van der Waals surface area contributed by atoms with E-state index in [1.807, 2.05) is 37.3 Å². The summed E-state index contributed by atoms with van der Waals surface area (Å²) in [6, 6.07) is 16.5. The highest BCUT2D eigenvalue weighted by molar-refractivity contribution is 6.30. The third-order valence-electron chi connectivity index (χ3n) is 4.80. The van der Waals surface area contributed by atoms with Crippen LogP contribution in [0.3, 0.4) is 0 Å². The minimum absolute atomic E-state index is 0.0788. The zero-order valence-electron chi connectivity index (χ0n) is 15.2. The molecule has 0 aliphatic carbocycles. The van der Waals surface area contributed by atoms with Crippen LogP contribution < -0.4 is 5.56 Å². The van der Waals surface area contributed by atoms with Gasteiger partial charge >= 0.3 is 6.18 Å². The van der Waals surface area contributed by atoms with Crippen LogP contribution in [0, 0.1) is 0 Å². The molecular formula is C21H15ClF3N3O. The Kier molecular flexibility index (Phi) is 4.70. The van der Waals surface area contributed by atoms with Gasteiger partial charge in [0.2, 0.25) is 0 Å². The van der Waals surface area contributed by atoms with Gasteiger partial charge in [-0.05, 0) is 23.3 Å². The fourth-order valence-electron chi connectivity index (χ4n) is 3.28. The van der Waals surface area contributed by atoms with Gasteiger partial charge in [0.15, 0.2) is 5.65 Å². The molecule has 0 fully saturated rings. The lowest BCUT2D eigenvalue weighted by Crippen LogP contribution is -2.17. The van der Waals surface area contributed by atoms with Crippen molar-refractivity contribution in [2.75, 3.05) is 0 Å². The molecule has 0 radical (unpaired) electrons. The molecule has 1 unspecified atom stereocenters. The fraction of sp³-hybridized carbons (Fsp3) is 0.143. The van der Waals surface area contributed by atoms with Crippen LogP contribution in [-0.2, 0) is 6.18 Å². The van der Waals surface area contributed by atoms with E-state index in [1.165, 1.54) is 30.3 Å². The van der Waals surface area contributed by atoms with E-state index in [2.05, 4.69) is 10.1 Å². The molecule has 2 heterocycles. The molecule has 1 N–H and O–H groups in total. The molecule has 0 aliphatic heterocycles. The number of nitrogens with zero attached hydrogens (tertiary/aromatic N) is 2. The van der Waals surface area contributed by atoms with Crippen molar-refractivity contribution in [3.8, 4) is 11.1 Å². The van der Waals surface area contributed by atoms with Crippen LogP contribution in [-0.4, -0.2) is 14.6 Å². The van der Waals surface area contributed by atoms with E-state index in [0.29, 0.717) is 10.7 Å². The average molecular weight is 418 g/mol. The highest BCUT2D eigenvalue weighted by Crippen LogP contribution is 2.38. The first-order chi connectivity index (χ1) is 13.8. The Morgan fingerprint density at radius 3 is 2.34 bits per heavy atom. The lowest BCUT2D eigenvalue weighted by atomic mass is 9.97. The van der Waals surface area contributed by atoms with Gasteiger partial charge in [-0.25, -0.2) is 9.50 Å². The van der Waals surface area contributed by atoms with Crippen molar-refractivity contribution in [1.82, 2.24) is 14.6 Å². The van der Waals surface area contributed by atoms with Crippen LogP contribution in [0.25, 0.3) is 16.8 Å². The predicted octanol–water partition coefficient (Wildman–Crippen LogP) is 5.51. The summed E-state index contributed by atoms with van der Waals surface area (Å²) >= 11 is 5.88. The SMILES string of the molecule is CC(c1ccccc1)c1cc(=O)n2[nH]c(C(F)(F)F)c(-c3ccc(Cl)cc3)c2n1.